The number of aromatic nitrogens is 2. The van der Waals surface area contributed by atoms with E-state index in [4.69, 9.17) is 16.1 Å². The molecule has 2 aromatic heterocycles. The largest absolute Gasteiger partial charge is 0.360 e. The lowest BCUT2D eigenvalue weighted by atomic mass is 10.2. The first-order valence-corrected chi connectivity index (χ1v) is 11.1. The van der Waals surface area contributed by atoms with Gasteiger partial charge >= 0.3 is 0 Å². The Morgan fingerprint density at radius 3 is 2.70 bits per heavy atom. The first-order valence-electron chi connectivity index (χ1n) is 9.10. The minimum Gasteiger partial charge on any atom is -0.360 e. The minimum atomic E-state index is -3.90. The highest BCUT2D eigenvalue weighted by atomic mass is 35.5. The van der Waals surface area contributed by atoms with E-state index < -0.39 is 21.5 Å². The number of anilines is 1. The molecule has 0 aliphatic carbocycles. The highest BCUT2D eigenvalue weighted by Crippen LogP contribution is 2.27. The number of sulfone groups is 1. The summed E-state index contributed by atoms with van der Waals surface area (Å²) in [6.45, 7) is 2.12. The van der Waals surface area contributed by atoms with Crippen LogP contribution in [-0.4, -0.2) is 29.8 Å². The molecule has 0 aliphatic heterocycles. The van der Waals surface area contributed by atoms with E-state index in [1.807, 2.05) is 34.9 Å². The van der Waals surface area contributed by atoms with Crippen LogP contribution in [0.1, 0.15) is 11.3 Å². The van der Waals surface area contributed by atoms with Crippen molar-refractivity contribution in [1.82, 2.24) is 9.72 Å². The standard InChI is InChI=1S/C21H18ClN3O4S/c1-14-9-20(24-29-14)23-21(26)13-30(27,28)19-12-25(18-8-3-2-7-17(18)19)11-15-5-4-6-16(22)10-15/h2-10,12H,11,13H2,1H3,(H,23,24,26). The van der Waals surface area contributed by atoms with Gasteiger partial charge in [0.05, 0.1) is 4.90 Å². The summed E-state index contributed by atoms with van der Waals surface area (Å²) >= 11 is 6.07. The van der Waals surface area contributed by atoms with Crippen molar-refractivity contribution < 1.29 is 17.7 Å². The molecular formula is C21H18ClN3O4S. The average molecular weight is 444 g/mol. The molecule has 154 valence electrons. The van der Waals surface area contributed by atoms with Gasteiger partial charge in [-0.05, 0) is 30.7 Å². The number of aryl methyl sites for hydroxylation is 1. The van der Waals surface area contributed by atoms with Crippen molar-refractivity contribution in [2.75, 3.05) is 11.1 Å². The molecule has 4 aromatic rings. The highest BCUT2D eigenvalue weighted by molar-refractivity contribution is 7.92. The molecule has 0 fully saturated rings. The van der Waals surface area contributed by atoms with Crippen LogP contribution >= 0.6 is 11.6 Å². The fraction of sp³-hybridized carbons (Fsp3) is 0.143. The molecule has 30 heavy (non-hydrogen) atoms. The molecule has 0 saturated carbocycles. The number of rotatable bonds is 6. The molecule has 2 heterocycles. The molecule has 0 atom stereocenters. The van der Waals surface area contributed by atoms with Crippen LogP contribution in [0.5, 0.6) is 0 Å². The Morgan fingerprint density at radius 1 is 1.17 bits per heavy atom. The summed E-state index contributed by atoms with van der Waals surface area (Å²) in [5.74, 6) is -0.701. The minimum absolute atomic E-state index is 0.103. The Bertz CT molecular complexity index is 1340. The van der Waals surface area contributed by atoms with Gasteiger partial charge < -0.3 is 14.4 Å². The van der Waals surface area contributed by atoms with Crippen LogP contribution in [0.15, 0.2) is 70.2 Å². The molecule has 0 unspecified atom stereocenters. The van der Waals surface area contributed by atoms with Crippen molar-refractivity contribution in [1.29, 1.82) is 0 Å². The number of amides is 1. The fourth-order valence-corrected chi connectivity index (χ4v) is 4.86. The molecule has 0 saturated heterocycles. The van der Waals surface area contributed by atoms with Gasteiger partial charge in [-0.25, -0.2) is 8.42 Å². The third kappa shape index (κ3) is 4.24. The fourth-order valence-electron chi connectivity index (χ4n) is 3.28. The molecule has 7 nitrogen and oxygen atoms in total. The molecule has 0 aliphatic rings. The van der Waals surface area contributed by atoms with Crippen LogP contribution in [0.25, 0.3) is 10.9 Å². The van der Waals surface area contributed by atoms with Crippen molar-refractivity contribution in [2.45, 2.75) is 18.4 Å². The van der Waals surface area contributed by atoms with Crippen molar-refractivity contribution >= 4 is 44.1 Å². The number of carbonyl (C=O) groups excluding carboxylic acids is 1. The summed E-state index contributed by atoms with van der Waals surface area (Å²) in [4.78, 5) is 12.4. The number of hydrogen-bond acceptors (Lipinski definition) is 5. The number of halogens is 1. The van der Waals surface area contributed by atoms with Crippen LogP contribution < -0.4 is 5.32 Å². The Morgan fingerprint density at radius 2 is 1.97 bits per heavy atom. The molecular weight excluding hydrogens is 426 g/mol. The molecule has 0 spiro atoms. The van der Waals surface area contributed by atoms with Crippen LogP contribution in [0, 0.1) is 6.92 Å². The molecule has 1 N–H and O–H groups in total. The van der Waals surface area contributed by atoms with Gasteiger partial charge in [0.1, 0.15) is 11.5 Å². The maximum Gasteiger partial charge on any atom is 0.241 e. The quantitative estimate of drug-likeness (QED) is 0.485. The zero-order chi connectivity index (χ0) is 21.3. The second-order valence-electron chi connectivity index (χ2n) is 6.90. The Labute approximate surface area is 178 Å². The number of hydrogen-bond donors (Lipinski definition) is 1. The van der Waals surface area contributed by atoms with Crippen molar-refractivity contribution in [2.24, 2.45) is 0 Å². The zero-order valence-electron chi connectivity index (χ0n) is 16.0. The van der Waals surface area contributed by atoms with Crippen molar-refractivity contribution in [3.63, 3.8) is 0 Å². The maximum atomic E-state index is 13.0. The Kier molecular flexibility index (Phi) is 5.36. The van der Waals surface area contributed by atoms with E-state index in [-0.39, 0.29) is 10.7 Å². The Hall–Kier alpha value is -3.10. The molecule has 2 aromatic carbocycles. The van der Waals surface area contributed by atoms with Crippen LogP contribution in [0.4, 0.5) is 5.82 Å². The van der Waals surface area contributed by atoms with Gasteiger partial charge in [0.2, 0.25) is 5.91 Å². The van der Waals surface area contributed by atoms with E-state index in [0.29, 0.717) is 22.7 Å². The van der Waals surface area contributed by atoms with Gasteiger partial charge in [-0.1, -0.05) is 47.1 Å². The van der Waals surface area contributed by atoms with E-state index in [9.17, 15) is 13.2 Å². The van der Waals surface area contributed by atoms with Crippen LogP contribution in [-0.2, 0) is 21.2 Å². The smallest absolute Gasteiger partial charge is 0.241 e. The first kappa shape index (κ1) is 20.2. The number of nitrogens with one attached hydrogen (secondary N) is 1. The van der Waals surface area contributed by atoms with E-state index in [1.54, 1.807) is 31.3 Å². The summed E-state index contributed by atoms with van der Waals surface area (Å²) in [6, 6.07) is 16.1. The molecule has 9 heteroatoms. The normalized spacial score (nSPS) is 11.7. The van der Waals surface area contributed by atoms with E-state index in [0.717, 1.165) is 11.1 Å². The van der Waals surface area contributed by atoms with Gasteiger partial charge in [0, 0.05) is 34.7 Å². The van der Waals surface area contributed by atoms with Gasteiger partial charge in [0.25, 0.3) is 0 Å². The number of para-hydroxylation sites is 1. The van der Waals surface area contributed by atoms with Gasteiger partial charge in [-0.2, -0.15) is 0 Å². The lowest BCUT2D eigenvalue weighted by Crippen LogP contribution is -2.23. The predicted molar refractivity (Wildman–Crippen MR) is 114 cm³/mol. The second-order valence-corrected chi connectivity index (χ2v) is 9.29. The molecule has 4 rings (SSSR count). The van der Waals surface area contributed by atoms with Crippen LogP contribution in [0.2, 0.25) is 5.02 Å². The third-order valence-corrected chi connectivity index (χ3v) is 6.42. The molecule has 0 radical (unpaired) electrons. The van der Waals surface area contributed by atoms with E-state index in [1.165, 1.54) is 6.07 Å². The topological polar surface area (TPSA) is 94.2 Å². The lowest BCUT2D eigenvalue weighted by Gasteiger charge is -2.06. The van der Waals surface area contributed by atoms with Crippen molar-refractivity contribution in [3.8, 4) is 0 Å². The monoisotopic (exact) mass is 443 g/mol. The molecule has 1 amide bonds. The first-order chi connectivity index (χ1) is 14.3. The summed E-state index contributed by atoms with van der Waals surface area (Å²) in [6.07, 6.45) is 1.56. The number of nitrogens with zero attached hydrogens (tertiary/aromatic N) is 2. The van der Waals surface area contributed by atoms with E-state index in [2.05, 4.69) is 10.5 Å². The van der Waals surface area contributed by atoms with Crippen molar-refractivity contribution in [3.05, 3.63) is 77.1 Å². The third-order valence-electron chi connectivity index (χ3n) is 4.55. The number of benzene rings is 2. The van der Waals surface area contributed by atoms with Gasteiger partial charge in [0.15, 0.2) is 15.7 Å². The SMILES string of the molecule is Cc1cc(NC(=O)CS(=O)(=O)c2cn(Cc3cccc(Cl)c3)c3ccccc23)no1. The highest BCUT2D eigenvalue weighted by Gasteiger charge is 2.25. The predicted octanol–water partition coefficient (Wildman–Crippen LogP) is 4.05. The average Bonchev–Trinajstić information content (AvgIpc) is 3.25. The lowest BCUT2D eigenvalue weighted by molar-refractivity contribution is -0.113. The zero-order valence-corrected chi connectivity index (χ0v) is 17.6. The second kappa shape index (κ2) is 7.97. The summed E-state index contributed by atoms with van der Waals surface area (Å²) in [5, 5.41) is 7.26. The summed E-state index contributed by atoms with van der Waals surface area (Å²) in [5.41, 5.74) is 1.69. The van der Waals surface area contributed by atoms with Gasteiger partial charge in [-0.3, -0.25) is 4.79 Å². The molecule has 0 bridgehead atoms. The summed E-state index contributed by atoms with van der Waals surface area (Å²) < 4.78 is 32.8. The van der Waals surface area contributed by atoms with Crippen LogP contribution in [0.3, 0.4) is 0 Å². The number of fused-ring (bicyclic) bond motifs is 1. The Balaban J connectivity index is 1.65. The summed E-state index contributed by atoms with van der Waals surface area (Å²) in [7, 11) is -3.90. The van der Waals surface area contributed by atoms with Gasteiger partial charge in [-0.15, -0.1) is 0 Å². The number of carbonyl (C=O) groups is 1. The van der Waals surface area contributed by atoms with E-state index >= 15 is 0 Å². The maximum absolute atomic E-state index is 13.0.